The fourth-order valence-electron chi connectivity index (χ4n) is 4.27. The van der Waals surface area contributed by atoms with Crippen molar-refractivity contribution in [3.63, 3.8) is 0 Å². The van der Waals surface area contributed by atoms with Crippen LogP contribution in [0.25, 0.3) is 0 Å². The minimum absolute atomic E-state index is 0.115. The molecule has 0 unspecified atom stereocenters. The summed E-state index contributed by atoms with van der Waals surface area (Å²) in [5, 5.41) is 9.17. The number of ether oxygens (including phenoxy) is 1. The first kappa shape index (κ1) is 31.3. The third-order valence-corrected chi connectivity index (χ3v) is 7.90. The summed E-state index contributed by atoms with van der Waals surface area (Å²) in [6, 6.07) is 14.4. The number of aryl methyl sites for hydroxylation is 1. The van der Waals surface area contributed by atoms with Crippen LogP contribution in [-0.4, -0.2) is 27.8 Å². The number of benzene rings is 3. The van der Waals surface area contributed by atoms with Crippen molar-refractivity contribution in [2.75, 3.05) is 16.0 Å². The van der Waals surface area contributed by atoms with Crippen LogP contribution in [0, 0.1) is 12.8 Å². The predicted octanol–water partition coefficient (Wildman–Crippen LogP) is 9.08. The highest BCUT2D eigenvalue weighted by molar-refractivity contribution is 6.53. The van der Waals surface area contributed by atoms with E-state index in [9.17, 15) is 14.4 Å². The second kappa shape index (κ2) is 11.9. The minimum atomic E-state index is -1.36. The van der Waals surface area contributed by atoms with Gasteiger partial charge >= 0.3 is 6.09 Å². The van der Waals surface area contributed by atoms with Crippen molar-refractivity contribution in [1.82, 2.24) is 0 Å². The van der Waals surface area contributed by atoms with Gasteiger partial charge in [-0.25, -0.2) is 4.79 Å². The molecule has 0 spiro atoms. The van der Waals surface area contributed by atoms with Gasteiger partial charge in [0.25, 0.3) is 5.91 Å². The molecule has 3 N–H and O–H groups in total. The molecule has 1 saturated carbocycles. The van der Waals surface area contributed by atoms with E-state index >= 15 is 0 Å². The van der Waals surface area contributed by atoms with E-state index in [1.807, 2.05) is 6.92 Å². The summed E-state index contributed by atoms with van der Waals surface area (Å²) in [6.45, 7) is 7.09. The van der Waals surface area contributed by atoms with Crippen LogP contribution in [0.5, 0.6) is 0 Å². The molecular weight excluding hydrogens is 632 g/mol. The zero-order valence-corrected chi connectivity index (χ0v) is 26.2. The van der Waals surface area contributed by atoms with E-state index in [1.165, 1.54) is 12.1 Å². The lowest BCUT2D eigenvalue weighted by molar-refractivity contribution is -0.117. The van der Waals surface area contributed by atoms with Crippen molar-refractivity contribution in [2.45, 2.75) is 43.5 Å². The Labute approximate surface area is 262 Å². The molecule has 0 aliphatic heterocycles. The van der Waals surface area contributed by atoms with Crippen LogP contribution in [0.3, 0.4) is 0 Å². The van der Waals surface area contributed by atoms with E-state index in [0.29, 0.717) is 32.7 Å². The molecule has 1 aliphatic carbocycles. The standard InChI is InChI=1S/C29H26Cl5N3O4/c1-14-5-6-19(13-22(14)37-27(40)41-28(2,3)4)35-25(38)20-12-18(7-8-21(20)32)36-26(39)24-23(29(24,33)34)15-9-16(30)11-17(31)10-15/h5-13,23-24H,1-4H3,(H,35,38)(H,36,39)(H,37,40)/t23-,24+/m0/s1. The number of halogens is 5. The molecule has 3 amide bonds. The molecule has 3 aromatic rings. The average molecular weight is 658 g/mol. The van der Waals surface area contributed by atoms with Crippen molar-refractivity contribution in [2.24, 2.45) is 5.92 Å². The Hall–Kier alpha value is -2.68. The first-order valence-electron chi connectivity index (χ1n) is 12.4. The summed E-state index contributed by atoms with van der Waals surface area (Å²) in [6.07, 6.45) is -0.621. The van der Waals surface area contributed by atoms with E-state index < -0.39 is 39.7 Å². The number of hydrogen-bond donors (Lipinski definition) is 3. The Morgan fingerprint density at radius 2 is 1.44 bits per heavy atom. The molecule has 1 aliphatic rings. The fourth-order valence-corrected chi connectivity index (χ4v) is 5.84. The van der Waals surface area contributed by atoms with E-state index in [2.05, 4.69) is 16.0 Å². The summed E-state index contributed by atoms with van der Waals surface area (Å²) in [4.78, 5) is 38.5. The average Bonchev–Trinajstić information content (AvgIpc) is 3.42. The van der Waals surface area contributed by atoms with Crippen LogP contribution in [-0.2, 0) is 9.53 Å². The van der Waals surface area contributed by atoms with Crippen molar-refractivity contribution >= 4 is 93.0 Å². The maximum Gasteiger partial charge on any atom is 0.412 e. The lowest BCUT2D eigenvalue weighted by atomic mass is 10.1. The Bertz CT molecular complexity index is 1520. The Balaban J connectivity index is 1.47. The van der Waals surface area contributed by atoms with Gasteiger partial charge in [0.2, 0.25) is 5.91 Å². The lowest BCUT2D eigenvalue weighted by Crippen LogP contribution is -2.27. The van der Waals surface area contributed by atoms with E-state index in [-0.39, 0.29) is 10.6 Å². The van der Waals surface area contributed by atoms with Crippen molar-refractivity contribution in [1.29, 1.82) is 0 Å². The number of alkyl halides is 2. The Kier molecular flexibility index (Phi) is 9.07. The third kappa shape index (κ3) is 7.59. The third-order valence-electron chi connectivity index (χ3n) is 6.19. The number of rotatable bonds is 6. The van der Waals surface area contributed by atoms with Gasteiger partial charge < -0.3 is 15.4 Å². The summed E-state index contributed by atoms with van der Waals surface area (Å²) >= 11 is 31.4. The molecule has 2 atom stereocenters. The maximum absolute atomic E-state index is 13.1. The molecule has 3 aromatic carbocycles. The van der Waals surface area contributed by atoms with Gasteiger partial charge in [-0.1, -0.05) is 40.9 Å². The summed E-state index contributed by atoms with van der Waals surface area (Å²) in [5.41, 5.74) is 2.05. The number of nitrogens with one attached hydrogen (secondary N) is 3. The number of anilines is 3. The van der Waals surface area contributed by atoms with E-state index in [4.69, 9.17) is 62.7 Å². The topological polar surface area (TPSA) is 96.5 Å². The summed E-state index contributed by atoms with van der Waals surface area (Å²) in [5.74, 6) is -2.28. The summed E-state index contributed by atoms with van der Waals surface area (Å²) in [7, 11) is 0. The van der Waals surface area contributed by atoms with Crippen molar-refractivity contribution < 1.29 is 19.1 Å². The Morgan fingerprint density at radius 3 is 2.07 bits per heavy atom. The lowest BCUT2D eigenvalue weighted by Gasteiger charge is -2.20. The first-order valence-corrected chi connectivity index (χ1v) is 14.3. The summed E-state index contributed by atoms with van der Waals surface area (Å²) < 4.78 is 3.95. The number of carbonyl (C=O) groups excluding carboxylic acids is 3. The van der Waals surface area contributed by atoms with Crippen LogP contribution in [0.1, 0.15) is 48.2 Å². The van der Waals surface area contributed by atoms with Gasteiger partial charge in [-0.05, 0) is 87.4 Å². The maximum atomic E-state index is 13.1. The SMILES string of the molecule is Cc1ccc(NC(=O)c2cc(NC(=O)[C@H]3[C@H](c4cc(Cl)cc(Cl)c4)C3(Cl)Cl)ccc2Cl)cc1NC(=O)OC(C)(C)C. The van der Waals surface area contributed by atoms with Gasteiger partial charge in [0.1, 0.15) is 9.93 Å². The zero-order valence-electron chi connectivity index (χ0n) is 22.4. The molecule has 12 heteroatoms. The minimum Gasteiger partial charge on any atom is -0.444 e. The van der Waals surface area contributed by atoms with E-state index in [1.54, 1.807) is 63.2 Å². The number of amides is 3. The molecule has 0 radical (unpaired) electrons. The second-order valence-electron chi connectivity index (χ2n) is 10.6. The van der Waals surface area contributed by atoms with Crippen molar-refractivity contribution in [3.8, 4) is 0 Å². The first-order chi connectivity index (χ1) is 19.0. The van der Waals surface area contributed by atoms with Gasteiger partial charge in [0.05, 0.1) is 16.5 Å². The molecule has 41 heavy (non-hydrogen) atoms. The fraction of sp³-hybridized carbons (Fsp3) is 0.276. The quantitative estimate of drug-likeness (QED) is 0.231. The Morgan fingerprint density at radius 1 is 0.829 bits per heavy atom. The molecule has 0 saturated heterocycles. The molecule has 0 aromatic heterocycles. The molecule has 1 fully saturated rings. The highest BCUT2D eigenvalue weighted by atomic mass is 35.5. The zero-order chi connectivity index (χ0) is 30.3. The molecule has 0 bridgehead atoms. The van der Waals surface area contributed by atoms with Crippen LogP contribution in [0.15, 0.2) is 54.6 Å². The molecule has 0 heterocycles. The van der Waals surface area contributed by atoms with Crippen LogP contribution >= 0.6 is 58.0 Å². The number of carbonyl (C=O) groups is 3. The van der Waals surface area contributed by atoms with Crippen LogP contribution in [0.2, 0.25) is 15.1 Å². The van der Waals surface area contributed by atoms with Gasteiger partial charge in [0.15, 0.2) is 0 Å². The highest BCUT2D eigenvalue weighted by Gasteiger charge is 2.67. The number of hydrogen-bond acceptors (Lipinski definition) is 4. The predicted molar refractivity (Wildman–Crippen MR) is 166 cm³/mol. The van der Waals surface area contributed by atoms with Crippen LogP contribution < -0.4 is 16.0 Å². The van der Waals surface area contributed by atoms with Crippen molar-refractivity contribution in [3.05, 3.63) is 86.4 Å². The van der Waals surface area contributed by atoms with Gasteiger partial charge in [-0.2, -0.15) is 0 Å². The smallest absolute Gasteiger partial charge is 0.412 e. The molecule has 4 rings (SSSR count). The molecular formula is C29H26Cl5N3O4. The monoisotopic (exact) mass is 655 g/mol. The van der Waals surface area contributed by atoms with E-state index in [0.717, 1.165) is 5.56 Å². The molecule has 216 valence electrons. The largest absolute Gasteiger partial charge is 0.444 e. The second-order valence-corrected chi connectivity index (χ2v) is 13.4. The van der Waals surface area contributed by atoms with Crippen LogP contribution in [0.4, 0.5) is 21.9 Å². The molecule has 7 nitrogen and oxygen atoms in total. The van der Waals surface area contributed by atoms with Gasteiger partial charge in [-0.3, -0.25) is 14.9 Å². The van der Waals surface area contributed by atoms with Gasteiger partial charge in [0, 0.05) is 33.0 Å². The normalized spacial score (nSPS) is 17.4. The highest BCUT2D eigenvalue weighted by Crippen LogP contribution is 2.65. The van der Waals surface area contributed by atoms with Gasteiger partial charge in [-0.15, -0.1) is 23.2 Å².